The van der Waals surface area contributed by atoms with E-state index < -0.39 is 0 Å². The number of aliphatic hydroxyl groups excluding tert-OH is 1. The molecule has 92 valence electrons. The largest absolute Gasteiger partial charge is 0.393 e. The Balaban J connectivity index is 2.35. The van der Waals surface area contributed by atoms with Crippen molar-refractivity contribution >= 4 is 11.3 Å². The van der Waals surface area contributed by atoms with Gasteiger partial charge in [-0.15, -0.1) is 11.3 Å². The van der Waals surface area contributed by atoms with E-state index >= 15 is 0 Å². The fourth-order valence-electron chi connectivity index (χ4n) is 1.96. The lowest BCUT2D eigenvalue weighted by Gasteiger charge is -2.18. The molecule has 0 aliphatic heterocycles. The van der Waals surface area contributed by atoms with Crippen LogP contribution in [0, 0.1) is 12.8 Å². The van der Waals surface area contributed by atoms with Crippen LogP contribution in [0.4, 0.5) is 0 Å². The summed E-state index contributed by atoms with van der Waals surface area (Å²) in [5.41, 5.74) is 1.37. The Morgan fingerprint density at radius 1 is 1.38 bits per heavy atom. The molecule has 16 heavy (non-hydrogen) atoms. The average molecular weight is 241 g/mol. The lowest BCUT2D eigenvalue weighted by molar-refractivity contribution is 0.162. The van der Waals surface area contributed by atoms with Crippen molar-refractivity contribution in [3.8, 4) is 0 Å². The number of hydrogen-bond donors (Lipinski definition) is 2. The topological polar surface area (TPSA) is 32.3 Å². The van der Waals surface area contributed by atoms with Gasteiger partial charge in [-0.25, -0.2) is 0 Å². The quantitative estimate of drug-likeness (QED) is 0.802. The predicted molar refractivity (Wildman–Crippen MR) is 70.9 cm³/mol. The van der Waals surface area contributed by atoms with Crippen molar-refractivity contribution in [3.05, 3.63) is 21.9 Å². The first-order valence-electron chi connectivity index (χ1n) is 5.96. The van der Waals surface area contributed by atoms with Gasteiger partial charge in [0.2, 0.25) is 0 Å². The highest BCUT2D eigenvalue weighted by Gasteiger charge is 2.11. The number of rotatable bonds is 6. The van der Waals surface area contributed by atoms with Crippen molar-refractivity contribution in [2.24, 2.45) is 5.92 Å². The molecule has 0 saturated carbocycles. The Morgan fingerprint density at radius 3 is 2.56 bits per heavy atom. The smallest absolute Gasteiger partial charge is 0.0515 e. The summed E-state index contributed by atoms with van der Waals surface area (Å²) in [6.07, 6.45) is 0.666. The third-order valence-electron chi connectivity index (χ3n) is 2.81. The molecular formula is C13H23NOS. The van der Waals surface area contributed by atoms with Crippen molar-refractivity contribution in [2.75, 3.05) is 6.54 Å². The Bertz CT molecular complexity index is 309. The van der Waals surface area contributed by atoms with Gasteiger partial charge in [-0.2, -0.15) is 0 Å². The maximum Gasteiger partial charge on any atom is 0.0515 e. The summed E-state index contributed by atoms with van der Waals surface area (Å²) >= 11 is 1.81. The molecule has 1 rings (SSSR count). The molecule has 1 heterocycles. The van der Waals surface area contributed by atoms with Crippen LogP contribution in [0.2, 0.25) is 0 Å². The molecule has 0 radical (unpaired) electrons. The van der Waals surface area contributed by atoms with Gasteiger partial charge < -0.3 is 10.4 Å². The third-order valence-corrected chi connectivity index (χ3v) is 4.01. The number of thiophene rings is 1. The van der Waals surface area contributed by atoms with E-state index in [4.69, 9.17) is 0 Å². The second-order valence-corrected chi connectivity index (χ2v) is 5.74. The van der Waals surface area contributed by atoms with Gasteiger partial charge in [0, 0.05) is 10.9 Å². The normalized spacial score (nSPS) is 17.1. The van der Waals surface area contributed by atoms with Crippen LogP contribution in [0.3, 0.4) is 0 Å². The minimum atomic E-state index is -0.199. The number of aliphatic hydroxyl groups is 1. The van der Waals surface area contributed by atoms with Gasteiger partial charge in [0.1, 0.15) is 0 Å². The molecule has 0 spiro atoms. The molecule has 3 heteroatoms. The van der Waals surface area contributed by atoms with Crippen molar-refractivity contribution in [2.45, 2.75) is 46.3 Å². The van der Waals surface area contributed by atoms with Gasteiger partial charge in [-0.3, -0.25) is 0 Å². The van der Waals surface area contributed by atoms with Crippen LogP contribution >= 0.6 is 11.3 Å². The van der Waals surface area contributed by atoms with Crippen LogP contribution in [0.1, 0.15) is 43.7 Å². The SMILES string of the molecule is Cc1ccsc1C(C)NCC(C)CC(C)O. The second-order valence-electron chi connectivity index (χ2n) is 4.79. The number of nitrogens with one attached hydrogen (secondary N) is 1. The van der Waals surface area contributed by atoms with Gasteiger partial charge in [0.05, 0.1) is 6.10 Å². The van der Waals surface area contributed by atoms with E-state index in [2.05, 4.69) is 37.5 Å². The van der Waals surface area contributed by atoms with Crippen LogP contribution in [0.5, 0.6) is 0 Å². The number of aryl methyl sites for hydroxylation is 1. The van der Waals surface area contributed by atoms with Crippen LogP contribution in [-0.2, 0) is 0 Å². The summed E-state index contributed by atoms with van der Waals surface area (Å²) in [5.74, 6) is 0.516. The van der Waals surface area contributed by atoms with Gasteiger partial charge in [0.15, 0.2) is 0 Å². The fourth-order valence-corrected chi connectivity index (χ4v) is 2.92. The van der Waals surface area contributed by atoms with Gasteiger partial charge in [-0.1, -0.05) is 6.92 Å². The number of hydrogen-bond acceptors (Lipinski definition) is 3. The first-order valence-corrected chi connectivity index (χ1v) is 6.84. The van der Waals surface area contributed by atoms with E-state index in [1.807, 2.05) is 18.3 Å². The molecule has 0 fully saturated rings. The molecular weight excluding hydrogens is 218 g/mol. The lowest BCUT2D eigenvalue weighted by Crippen LogP contribution is -2.26. The highest BCUT2D eigenvalue weighted by molar-refractivity contribution is 7.10. The van der Waals surface area contributed by atoms with Crippen LogP contribution in [0.25, 0.3) is 0 Å². The van der Waals surface area contributed by atoms with Gasteiger partial charge in [0.25, 0.3) is 0 Å². The van der Waals surface area contributed by atoms with E-state index in [0.29, 0.717) is 12.0 Å². The molecule has 0 aliphatic rings. The molecule has 1 aromatic rings. The molecule has 2 nitrogen and oxygen atoms in total. The Kier molecular flexibility index (Phi) is 5.46. The van der Waals surface area contributed by atoms with E-state index in [0.717, 1.165) is 13.0 Å². The molecule has 0 aromatic carbocycles. The Hall–Kier alpha value is -0.380. The van der Waals surface area contributed by atoms with E-state index in [1.54, 1.807) is 0 Å². The maximum atomic E-state index is 9.29. The third kappa shape index (κ3) is 4.24. The predicted octanol–water partition coefficient (Wildman–Crippen LogP) is 3.11. The summed E-state index contributed by atoms with van der Waals surface area (Å²) < 4.78 is 0. The standard InChI is InChI=1S/C13H23NOS/c1-9(7-11(3)15)8-14-12(4)13-10(2)5-6-16-13/h5-6,9,11-12,14-15H,7-8H2,1-4H3. The van der Waals surface area contributed by atoms with E-state index in [9.17, 15) is 5.11 Å². The molecule has 0 amide bonds. The zero-order chi connectivity index (χ0) is 12.1. The molecule has 3 unspecified atom stereocenters. The van der Waals surface area contributed by atoms with Crippen molar-refractivity contribution < 1.29 is 5.11 Å². The van der Waals surface area contributed by atoms with Gasteiger partial charge >= 0.3 is 0 Å². The lowest BCUT2D eigenvalue weighted by atomic mass is 10.0. The molecule has 0 aliphatic carbocycles. The summed E-state index contributed by atoms with van der Waals surface area (Å²) in [6.45, 7) is 9.34. The first-order chi connectivity index (χ1) is 7.50. The summed E-state index contributed by atoms with van der Waals surface area (Å²) in [6, 6.07) is 2.58. The minimum Gasteiger partial charge on any atom is -0.393 e. The fraction of sp³-hybridized carbons (Fsp3) is 0.692. The van der Waals surface area contributed by atoms with Crippen molar-refractivity contribution in [3.63, 3.8) is 0 Å². The first kappa shape index (κ1) is 13.7. The second kappa shape index (κ2) is 6.38. The molecule has 2 N–H and O–H groups in total. The Morgan fingerprint density at radius 2 is 2.06 bits per heavy atom. The molecule has 1 aromatic heterocycles. The van der Waals surface area contributed by atoms with Crippen LogP contribution < -0.4 is 5.32 Å². The summed E-state index contributed by atoms with van der Waals surface area (Å²) in [7, 11) is 0. The molecule has 3 atom stereocenters. The van der Waals surface area contributed by atoms with Gasteiger partial charge in [-0.05, 0) is 56.7 Å². The van der Waals surface area contributed by atoms with E-state index in [1.165, 1.54) is 10.4 Å². The monoisotopic (exact) mass is 241 g/mol. The molecule has 0 bridgehead atoms. The highest BCUT2D eigenvalue weighted by atomic mass is 32.1. The zero-order valence-corrected chi connectivity index (χ0v) is 11.5. The van der Waals surface area contributed by atoms with Crippen molar-refractivity contribution in [1.82, 2.24) is 5.32 Å². The minimum absolute atomic E-state index is 0.199. The average Bonchev–Trinajstić information content (AvgIpc) is 2.60. The van der Waals surface area contributed by atoms with Crippen LogP contribution in [0.15, 0.2) is 11.4 Å². The maximum absolute atomic E-state index is 9.29. The summed E-state index contributed by atoms with van der Waals surface area (Å²) in [4.78, 5) is 1.42. The summed E-state index contributed by atoms with van der Waals surface area (Å²) in [5, 5.41) is 15.0. The van der Waals surface area contributed by atoms with Crippen LogP contribution in [-0.4, -0.2) is 17.8 Å². The van der Waals surface area contributed by atoms with Crippen molar-refractivity contribution in [1.29, 1.82) is 0 Å². The Labute approximate surface area is 103 Å². The zero-order valence-electron chi connectivity index (χ0n) is 10.7. The molecule has 0 saturated heterocycles. The highest BCUT2D eigenvalue weighted by Crippen LogP contribution is 2.23. The van der Waals surface area contributed by atoms with E-state index in [-0.39, 0.29) is 6.10 Å².